The SMILES string of the molecule is O=C(Cc1ccncc1Cl)c1ccc(Br)c(C(F)(F)F)c1. The monoisotopic (exact) mass is 377 g/mol. The van der Waals surface area contributed by atoms with E-state index in [-0.39, 0.29) is 16.5 Å². The maximum atomic E-state index is 12.8. The fourth-order valence-electron chi connectivity index (χ4n) is 1.74. The number of Topliss-reactive ketones (excluding diaryl/α,β-unsaturated/α-hetero) is 1. The number of halogens is 5. The molecule has 0 aliphatic rings. The fraction of sp³-hybridized carbons (Fsp3) is 0.143. The average Bonchev–Trinajstić information content (AvgIpc) is 2.40. The van der Waals surface area contributed by atoms with Gasteiger partial charge in [0.25, 0.3) is 0 Å². The van der Waals surface area contributed by atoms with E-state index in [1.807, 2.05) is 0 Å². The third-order valence-corrected chi connectivity index (χ3v) is 3.83. The Labute approximate surface area is 132 Å². The summed E-state index contributed by atoms with van der Waals surface area (Å²) in [7, 11) is 0. The van der Waals surface area contributed by atoms with Crippen LogP contribution in [0, 0.1) is 0 Å². The minimum Gasteiger partial charge on any atom is -0.294 e. The lowest BCUT2D eigenvalue weighted by Gasteiger charge is -2.11. The van der Waals surface area contributed by atoms with Crippen molar-refractivity contribution in [2.45, 2.75) is 12.6 Å². The zero-order chi connectivity index (χ0) is 15.6. The molecular formula is C14H8BrClF3NO. The van der Waals surface area contributed by atoms with Crippen LogP contribution < -0.4 is 0 Å². The smallest absolute Gasteiger partial charge is 0.294 e. The molecule has 0 amide bonds. The van der Waals surface area contributed by atoms with Crippen molar-refractivity contribution in [1.29, 1.82) is 0 Å². The van der Waals surface area contributed by atoms with Crippen LogP contribution in [0.4, 0.5) is 13.2 Å². The molecule has 0 saturated heterocycles. The molecule has 2 nitrogen and oxygen atoms in total. The molecule has 110 valence electrons. The van der Waals surface area contributed by atoms with Gasteiger partial charge in [0.1, 0.15) is 0 Å². The number of alkyl halides is 3. The highest BCUT2D eigenvalue weighted by molar-refractivity contribution is 9.10. The molecule has 0 fully saturated rings. The third kappa shape index (κ3) is 3.83. The lowest BCUT2D eigenvalue weighted by atomic mass is 10.0. The molecule has 0 aliphatic carbocycles. The van der Waals surface area contributed by atoms with Gasteiger partial charge in [-0.3, -0.25) is 9.78 Å². The summed E-state index contributed by atoms with van der Waals surface area (Å²) < 4.78 is 38.3. The Morgan fingerprint density at radius 2 is 2.00 bits per heavy atom. The highest BCUT2D eigenvalue weighted by Crippen LogP contribution is 2.35. The predicted octanol–water partition coefficient (Wildman–Crippen LogP) is 4.94. The van der Waals surface area contributed by atoms with Crippen LogP contribution in [0.3, 0.4) is 0 Å². The van der Waals surface area contributed by atoms with Gasteiger partial charge in [-0.2, -0.15) is 13.2 Å². The second kappa shape index (κ2) is 6.15. The summed E-state index contributed by atoms with van der Waals surface area (Å²) in [5, 5.41) is 0.305. The van der Waals surface area contributed by atoms with Gasteiger partial charge in [0, 0.05) is 28.9 Å². The number of hydrogen-bond acceptors (Lipinski definition) is 2. The predicted molar refractivity (Wildman–Crippen MR) is 76.4 cm³/mol. The quantitative estimate of drug-likeness (QED) is 0.708. The number of pyridine rings is 1. The minimum atomic E-state index is -4.52. The first-order chi connectivity index (χ1) is 9.79. The molecule has 21 heavy (non-hydrogen) atoms. The molecule has 0 N–H and O–H groups in total. The van der Waals surface area contributed by atoms with Gasteiger partial charge in [0.05, 0.1) is 10.6 Å². The topological polar surface area (TPSA) is 30.0 Å². The molecule has 0 radical (unpaired) electrons. The highest BCUT2D eigenvalue weighted by atomic mass is 79.9. The third-order valence-electron chi connectivity index (χ3n) is 2.80. The van der Waals surface area contributed by atoms with Crippen LogP contribution in [0.15, 0.2) is 41.1 Å². The van der Waals surface area contributed by atoms with Crippen molar-refractivity contribution in [3.8, 4) is 0 Å². The second-order valence-corrected chi connectivity index (χ2v) is 5.52. The molecular weight excluding hydrogens is 371 g/mol. The van der Waals surface area contributed by atoms with E-state index >= 15 is 0 Å². The Hall–Kier alpha value is -1.40. The number of rotatable bonds is 3. The second-order valence-electron chi connectivity index (χ2n) is 4.26. The Morgan fingerprint density at radius 1 is 1.29 bits per heavy atom. The number of carbonyl (C=O) groups excluding carboxylic acids is 1. The number of hydrogen-bond donors (Lipinski definition) is 0. The van der Waals surface area contributed by atoms with Crippen LogP contribution in [0.25, 0.3) is 0 Å². The molecule has 0 saturated carbocycles. The zero-order valence-electron chi connectivity index (χ0n) is 10.4. The van der Waals surface area contributed by atoms with Crippen molar-refractivity contribution in [3.05, 3.63) is 62.8 Å². The van der Waals surface area contributed by atoms with E-state index in [2.05, 4.69) is 20.9 Å². The Bertz CT molecular complexity index is 688. The average molecular weight is 379 g/mol. The van der Waals surface area contributed by atoms with E-state index in [1.54, 1.807) is 6.07 Å². The maximum Gasteiger partial charge on any atom is 0.417 e. The molecule has 0 atom stereocenters. The van der Waals surface area contributed by atoms with Crippen molar-refractivity contribution in [3.63, 3.8) is 0 Å². The molecule has 1 aromatic heterocycles. The molecule has 0 bridgehead atoms. The van der Waals surface area contributed by atoms with Gasteiger partial charge in [-0.25, -0.2) is 0 Å². The maximum absolute atomic E-state index is 12.8. The van der Waals surface area contributed by atoms with Gasteiger partial charge < -0.3 is 0 Å². The molecule has 2 rings (SSSR count). The molecule has 0 spiro atoms. The van der Waals surface area contributed by atoms with Crippen molar-refractivity contribution in [1.82, 2.24) is 4.98 Å². The lowest BCUT2D eigenvalue weighted by molar-refractivity contribution is -0.138. The summed E-state index contributed by atoms with van der Waals surface area (Å²) >= 11 is 8.72. The number of nitrogens with zero attached hydrogens (tertiary/aromatic N) is 1. The summed E-state index contributed by atoms with van der Waals surface area (Å²) in [5.74, 6) is -0.443. The van der Waals surface area contributed by atoms with E-state index in [9.17, 15) is 18.0 Å². The number of carbonyl (C=O) groups is 1. The number of benzene rings is 1. The molecule has 1 aromatic carbocycles. The van der Waals surface area contributed by atoms with E-state index in [0.29, 0.717) is 10.6 Å². The van der Waals surface area contributed by atoms with Crippen LogP contribution >= 0.6 is 27.5 Å². The van der Waals surface area contributed by atoms with E-state index in [4.69, 9.17) is 11.6 Å². The molecule has 2 aromatic rings. The fourth-order valence-corrected chi connectivity index (χ4v) is 2.40. The van der Waals surface area contributed by atoms with Crippen molar-refractivity contribution in [2.24, 2.45) is 0 Å². The van der Waals surface area contributed by atoms with E-state index in [1.165, 1.54) is 24.5 Å². The lowest BCUT2D eigenvalue weighted by Crippen LogP contribution is -2.10. The van der Waals surface area contributed by atoms with Crippen LogP contribution in [0.2, 0.25) is 5.02 Å². The first-order valence-corrected chi connectivity index (χ1v) is 6.94. The summed E-state index contributed by atoms with van der Waals surface area (Å²) in [4.78, 5) is 15.9. The Morgan fingerprint density at radius 3 is 2.62 bits per heavy atom. The van der Waals surface area contributed by atoms with Gasteiger partial charge >= 0.3 is 6.18 Å². The van der Waals surface area contributed by atoms with Gasteiger partial charge in [-0.15, -0.1) is 0 Å². The van der Waals surface area contributed by atoms with Crippen LogP contribution in [-0.4, -0.2) is 10.8 Å². The first-order valence-electron chi connectivity index (χ1n) is 5.77. The summed E-state index contributed by atoms with van der Waals surface area (Å²) in [5.41, 5.74) is -0.374. The van der Waals surface area contributed by atoms with Crippen molar-refractivity contribution in [2.75, 3.05) is 0 Å². The van der Waals surface area contributed by atoms with Gasteiger partial charge in [0.15, 0.2) is 5.78 Å². The van der Waals surface area contributed by atoms with Crippen LogP contribution in [0.5, 0.6) is 0 Å². The number of aromatic nitrogens is 1. The van der Waals surface area contributed by atoms with E-state index < -0.39 is 17.5 Å². The van der Waals surface area contributed by atoms with E-state index in [0.717, 1.165) is 6.07 Å². The van der Waals surface area contributed by atoms with Gasteiger partial charge in [0.2, 0.25) is 0 Å². The molecule has 7 heteroatoms. The highest BCUT2D eigenvalue weighted by Gasteiger charge is 2.33. The van der Waals surface area contributed by atoms with Crippen LogP contribution in [0.1, 0.15) is 21.5 Å². The Balaban J connectivity index is 2.31. The van der Waals surface area contributed by atoms with Crippen molar-refractivity contribution >= 4 is 33.3 Å². The summed E-state index contributed by atoms with van der Waals surface area (Å²) in [6.45, 7) is 0. The van der Waals surface area contributed by atoms with Crippen LogP contribution in [-0.2, 0) is 12.6 Å². The summed E-state index contributed by atoms with van der Waals surface area (Å²) in [6, 6.07) is 4.95. The van der Waals surface area contributed by atoms with Gasteiger partial charge in [-0.05, 0) is 23.8 Å². The minimum absolute atomic E-state index is 0.0154. The standard InChI is InChI=1S/C14H8BrClF3NO/c15-11-2-1-9(5-10(11)14(17,18)19)13(21)6-8-3-4-20-7-12(8)16/h1-5,7H,6H2. The summed E-state index contributed by atoms with van der Waals surface area (Å²) in [6.07, 6.45) is -1.76. The number of ketones is 1. The molecule has 0 unspecified atom stereocenters. The van der Waals surface area contributed by atoms with Crippen molar-refractivity contribution < 1.29 is 18.0 Å². The largest absolute Gasteiger partial charge is 0.417 e. The zero-order valence-corrected chi connectivity index (χ0v) is 12.8. The molecule has 0 aliphatic heterocycles. The Kier molecular flexibility index (Phi) is 4.68. The van der Waals surface area contributed by atoms with Gasteiger partial charge in [-0.1, -0.05) is 33.6 Å². The normalized spacial score (nSPS) is 11.5. The molecule has 1 heterocycles. The first kappa shape index (κ1) is 16.0.